The minimum atomic E-state index is -0.843. The zero-order chi connectivity index (χ0) is 12.8. The van der Waals surface area contributed by atoms with Gasteiger partial charge in [0, 0.05) is 12.5 Å². The van der Waals surface area contributed by atoms with Crippen molar-refractivity contribution in [2.45, 2.75) is 26.2 Å². The molecule has 0 radical (unpaired) electrons. The van der Waals surface area contributed by atoms with Crippen LogP contribution < -0.4 is 10.6 Å². The number of hydrogen-bond acceptors (Lipinski definition) is 3. The quantitative estimate of drug-likeness (QED) is 0.619. The zero-order valence-corrected chi connectivity index (χ0v) is 9.86. The number of carboxylic acid groups (broad SMARTS) is 1. The fraction of sp³-hybridized carbons (Fsp3) is 0.727. The highest BCUT2D eigenvalue weighted by Gasteiger charge is 2.33. The van der Waals surface area contributed by atoms with E-state index in [1.807, 2.05) is 0 Å². The van der Waals surface area contributed by atoms with Gasteiger partial charge in [0.25, 0.3) is 0 Å². The van der Waals surface area contributed by atoms with E-state index < -0.39 is 11.9 Å². The Morgan fingerprint density at radius 1 is 1.18 bits per heavy atom. The zero-order valence-electron chi connectivity index (χ0n) is 9.86. The summed E-state index contributed by atoms with van der Waals surface area (Å²) >= 11 is 0. The lowest BCUT2D eigenvalue weighted by molar-refractivity contribution is -0.141. The van der Waals surface area contributed by atoms with Crippen LogP contribution >= 0.6 is 0 Å². The van der Waals surface area contributed by atoms with Gasteiger partial charge in [0.15, 0.2) is 0 Å². The van der Waals surface area contributed by atoms with E-state index in [0.717, 1.165) is 0 Å². The van der Waals surface area contributed by atoms with E-state index in [1.54, 1.807) is 6.92 Å². The number of hydrogen-bond donors (Lipinski definition) is 3. The fourth-order valence-electron chi connectivity index (χ4n) is 2.02. The normalized spacial score (nSPS) is 23.1. The van der Waals surface area contributed by atoms with Gasteiger partial charge in [-0.25, -0.2) is 0 Å². The fourth-order valence-corrected chi connectivity index (χ4v) is 2.02. The van der Waals surface area contributed by atoms with E-state index in [2.05, 4.69) is 10.6 Å². The molecule has 1 rings (SSSR count). The lowest BCUT2D eigenvalue weighted by Crippen LogP contribution is -2.39. The summed E-state index contributed by atoms with van der Waals surface area (Å²) in [4.78, 5) is 33.5. The second-order valence-electron chi connectivity index (χ2n) is 4.22. The molecule has 6 heteroatoms. The summed E-state index contributed by atoms with van der Waals surface area (Å²) in [7, 11) is 0. The van der Waals surface area contributed by atoms with Gasteiger partial charge >= 0.3 is 5.97 Å². The summed E-state index contributed by atoms with van der Waals surface area (Å²) in [5, 5.41) is 13.9. The number of carbonyl (C=O) groups is 3. The van der Waals surface area contributed by atoms with E-state index in [9.17, 15) is 14.4 Å². The average Bonchev–Trinajstić information content (AvgIpc) is 2.75. The second kappa shape index (κ2) is 6.22. The Balaban J connectivity index is 2.30. The van der Waals surface area contributed by atoms with Crippen LogP contribution in [-0.4, -0.2) is 36.0 Å². The molecule has 2 unspecified atom stereocenters. The predicted octanol–water partition coefficient (Wildman–Crippen LogP) is -0.260. The molecular weight excluding hydrogens is 224 g/mol. The van der Waals surface area contributed by atoms with Crippen LogP contribution in [0.15, 0.2) is 0 Å². The average molecular weight is 242 g/mol. The van der Waals surface area contributed by atoms with Crippen LogP contribution in [0.25, 0.3) is 0 Å². The largest absolute Gasteiger partial charge is 0.481 e. The Bertz CT molecular complexity index is 317. The van der Waals surface area contributed by atoms with Crippen molar-refractivity contribution in [3.05, 3.63) is 0 Å². The third kappa shape index (κ3) is 4.05. The molecule has 0 aromatic rings. The maximum Gasteiger partial charge on any atom is 0.306 e. The summed E-state index contributed by atoms with van der Waals surface area (Å²) < 4.78 is 0. The summed E-state index contributed by atoms with van der Waals surface area (Å²) in [5.41, 5.74) is 0. The second-order valence-corrected chi connectivity index (χ2v) is 4.22. The summed E-state index contributed by atoms with van der Waals surface area (Å²) in [6.07, 6.45) is 1.49. The molecule has 0 heterocycles. The van der Waals surface area contributed by atoms with Crippen LogP contribution in [-0.2, 0) is 14.4 Å². The van der Waals surface area contributed by atoms with Gasteiger partial charge in [0.05, 0.1) is 12.5 Å². The lowest BCUT2D eigenvalue weighted by atomic mass is 10.0. The van der Waals surface area contributed by atoms with Gasteiger partial charge in [0.1, 0.15) is 0 Å². The van der Waals surface area contributed by atoms with Gasteiger partial charge in [-0.05, 0) is 26.2 Å². The van der Waals surface area contributed by atoms with Crippen molar-refractivity contribution >= 4 is 17.8 Å². The molecule has 96 valence electrons. The van der Waals surface area contributed by atoms with E-state index in [-0.39, 0.29) is 24.3 Å². The first-order valence-electron chi connectivity index (χ1n) is 5.81. The SMILES string of the molecule is CCNC(=O)CNC(=O)C1CCC(C(=O)O)C1. The number of carbonyl (C=O) groups excluding carboxylic acids is 2. The highest BCUT2D eigenvalue weighted by molar-refractivity contribution is 5.86. The van der Waals surface area contributed by atoms with Crippen molar-refractivity contribution in [2.24, 2.45) is 11.8 Å². The standard InChI is InChI=1S/C11H18N2O4/c1-2-12-9(14)6-13-10(15)7-3-4-8(5-7)11(16)17/h7-8H,2-6H2,1H3,(H,12,14)(H,13,15)(H,16,17). The summed E-state index contributed by atoms with van der Waals surface area (Å²) in [5.74, 6) is -1.99. The van der Waals surface area contributed by atoms with Gasteiger partial charge in [-0.2, -0.15) is 0 Å². The molecule has 1 aliphatic rings. The number of nitrogens with one attached hydrogen (secondary N) is 2. The number of aliphatic carboxylic acids is 1. The minimum absolute atomic E-state index is 0.0408. The third-order valence-corrected chi connectivity index (χ3v) is 2.95. The van der Waals surface area contributed by atoms with Crippen molar-refractivity contribution in [3.63, 3.8) is 0 Å². The summed E-state index contributed by atoms with van der Waals surface area (Å²) in [6, 6.07) is 0. The topological polar surface area (TPSA) is 95.5 Å². The first-order valence-corrected chi connectivity index (χ1v) is 5.81. The first-order chi connectivity index (χ1) is 8.04. The van der Waals surface area contributed by atoms with Crippen molar-refractivity contribution < 1.29 is 19.5 Å². The molecule has 1 saturated carbocycles. The first kappa shape index (κ1) is 13.5. The summed E-state index contributed by atoms with van der Waals surface area (Å²) in [6.45, 7) is 2.29. The molecule has 0 bridgehead atoms. The molecule has 0 aromatic carbocycles. The van der Waals surface area contributed by atoms with Crippen LogP contribution in [0.1, 0.15) is 26.2 Å². The van der Waals surface area contributed by atoms with Crippen molar-refractivity contribution in [2.75, 3.05) is 13.1 Å². The Morgan fingerprint density at radius 3 is 2.35 bits per heavy atom. The van der Waals surface area contributed by atoms with Gasteiger partial charge in [0.2, 0.25) is 11.8 Å². The van der Waals surface area contributed by atoms with Crippen LogP contribution in [0, 0.1) is 11.8 Å². The smallest absolute Gasteiger partial charge is 0.306 e. The molecule has 2 atom stereocenters. The van der Waals surface area contributed by atoms with E-state index in [0.29, 0.717) is 25.8 Å². The van der Waals surface area contributed by atoms with Gasteiger partial charge in [-0.3, -0.25) is 14.4 Å². The highest BCUT2D eigenvalue weighted by Crippen LogP contribution is 2.30. The molecule has 1 aliphatic carbocycles. The number of likely N-dealkylation sites (N-methyl/N-ethyl adjacent to an activating group) is 1. The molecule has 0 saturated heterocycles. The van der Waals surface area contributed by atoms with Crippen molar-refractivity contribution in [1.29, 1.82) is 0 Å². The Kier molecular flexibility index (Phi) is 4.93. The van der Waals surface area contributed by atoms with Crippen molar-refractivity contribution in [1.82, 2.24) is 10.6 Å². The number of carboxylic acids is 1. The maximum atomic E-state index is 11.6. The monoisotopic (exact) mass is 242 g/mol. The molecule has 0 spiro atoms. The molecule has 0 aromatic heterocycles. The Hall–Kier alpha value is -1.59. The molecular formula is C11H18N2O4. The molecule has 6 nitrogen and oxygen atoms in total. The van der Waals surface area contributed by atoms with Crippen LogP contribution in [0.2, 0.25) is 0 Å². The van der Waals surface area contributed by atoms with E-state index >= 15 is 0 Å². The predicted molar refractivity (Wildman–Crippen MR) is 60.2 cm³/mol. The van der Waals surface area contributed by atoms with E-state index in [4.69, 9.17) is 5.11 Å². The lowest BCUT2D eigenvalue weighted by Gasteiger charge is -2.10. The third-order valence-electron chi connectivity index (χ3n) is 2.95. The Morgan fingerprint density at radius 2 is 1.82 bits per heavy atom. The molecule has 0 aliphatic heterocycles. The molecule has 17 heavy (non-hydrogen) atoms. The molecule has 3 N–H and O–H groups in total. The van der Waals surface area contributed by atoms with Gasteiger partial charge in [-0.15, -0.1) is 0 Å². The highest BCUT2D eigenvalue weighted by atomic mass is 16.4. The number of rotatable bonds is 5. The molecule has 2 amide bonds. The minimum Gasteiger partial charge on any atom is -0.481 e. The van der Waals surface area contributed by atoms with Gasteiger partial charge < -0.3 is 15.7 Å². The number of amides is 2. The van der Waals surface area contributed by atoms with Gasteiger partial charge in [-0.1, -0.05) is 0 Å². The Labute approximate surface area is 99.8 Å². The molecule has 1 fully saturated rings. The maximum absolute atomic E-state index is 11.6. The van der Waals surface area contributed by atoms with Crippen LogP contribution in [0.3, 0.4) is 0 Å². The van der Waals surface area contributed by atoms with Crippen LogP contribution in [0.5, 0.6) is 0 Å². The van der Waals surface area contributed by atoms with E-state index in [1.165, 1.54) is 0 Å². The van der Waals surface area contributed by atoms with Crippen molar-refractivity contribution in [3.8, 4) is 0 Å². The van der Waals surface area contributed by atoms with Crippen LogP contribution in [0.4, 0.5) is 0 Å².